The van der Waals surface area contributed by atoms with Crippen LogP contribution in [0.2, 0.25) is 0 Å². The molecule has 0 radical (unpaired) electrons. The number of ether oxygens (including phenoxy) is 1. The standard InChI is InChI=1S/C18H14F3N3OS/c1-25-13-9-7-12(8-10-13)23-17-22-11-15(18(19,20)21)16(24-17)26-14-5-3-2-4-6-14/h2-11H,1H3,(H,22,23,24). The maximum Gasteiger partial charge on any atom is 0.420 e. The molecule has 0 aliphatic rings. The van der Waals surface area contributed by atoms with Crippen LogP contribution in [-0.2, 0) is 6.18 Å². The summed E-state index contributed by atoms with van der Waals surface area (Å²) in [6, 6.07) is 15.7. The fourth-order valence-corrected chi connectivity index (χ4v) is 3.03. The van der Waals surface area contributed by atoms with Gasteiger partial charge in [0.25, 0.3) is 0 Å². The van der Waals surface area contributed by atoms with E-state index in [0.717, 1.165) is 18.0 Å². The second-order valence-electron chi connectivity index (χ2n) is 5.18. The number of benzene rings is 2. The molecule has 0 atom stereocenters. The number of alkyl halides is 3. The van der Waals surface area contributed by atoms with Crippen LogP contribution in [0.5, 0.6) is 5.75 Å². The largest absolute Gasteiger partial charge is 0.497 e. The Morgan fingerprint density at radius 3 is 2.31 bits per heavy atom. The van der Waals surface area contributed by atoms with Crippen LogP contribution in [-0.4, -0.2) is 17.1 Å². The van der Waals surface area contributed by atoms with E-state index in [9.17, 15) is 13.2 Å². The first kappa shape index (κ1) is 18.1. The lowest BCUT2D eigenvalue weighted by Gasteiger charge is -2.13. The summed E-state index contributed by atoms with van der Waals surface area (Å²) >= 11 is 0.941. The third-order valence-electron chi connectivity index (χ3n) is 3.36. The Morgan fingerprint density at radius 1 is 1.00 bits per heavy atom. The van der Waals surface area contributed by atoms with Crippen LogP contribution in [0.3, 0.4) is 0 Å². The van der Waals surface area contributed by atoms with Crippen LogP contribution < -0.4 is 10.1 Å². The van der Waals surface area contributed by atoms with Crippen LogP contribution in [0.4, 0.5) is 24.8 Å². The smallest absolute Gasteiger partial charge is 0.420 e. The Morgan fingerprint density at radius 2 is 1.69 bits per heavy atom. The maximum atomic E-state index is 13.3. The first-order valence-corrected chi connectivity index (χ1v) is 8.35. The van der Waals surface area contributed by atoms with Crippen molar-refractivity contribution in [2.24, 2.45) is 0 Å². The van der Waals surface area contributed by atoms with Crippen molar-refractivity contribution in [1.29, 1.82) is 0 Å². The summed E-state index contributed by atoms with van der Waals surface area (Å²) in [7, 11) is 1.55. The maximum absolute atomic E-state index is 13.3. The minimum atomic E-state index is -4.53. The molecule has 0 unspecified atom stereocenters. The summed E-state index contributed by atoms with van der Waals surface area (Å²) in [6.45, 7) is 0. The molecule has 3 aromatic rings. The van der Waals surface area contributed by atoms with Crippen molar-refractivity contribution < 1.29 is 17.9 Å². The fraction of sp³-hybridized carbons (Fsp3) is 0.111. The molecule has 1 heterocycles. The summed E-state index contributed by atoms with van der Waals surface area (Å²) in [6.07, 6.45) is -3.74. The molecule has 0 bridgehead atoms. The minimum absolute atomic E-state index is 0.0848. The SMILES string of the molecule is COc1ccc(Nc2ncc(C(F)(F)F)c(Sc3ccccc3)n2)cc1. The molecular formula is C18H14F3N3OS. The summed E-state index contributed by atoms with van der Waals surface area (Å²) in [5.74, 6) is 0.755. The summed E-state index contributed by atoms with van der Waals surface area (Å²) < 4.78 is 44.9. The number of anilines is 2. The zero-order valence-corrected chi connectivity index (χ0v) is 14.4. The molecular weight excluding hydrogens is 363 g/mol. The average molecular weight is 377 g/mol. The van der Waals surface area contributed by atoms with Gasteiger partial charge in [-0.15, -0.1) is 0 Å². The van der Waals surface area contributed by atoms with Gasteiger partial charge >= 0.3 is 6.18 Å². The number of hydrogen-bond donors (Lipinski definition) is 1. The van der Waals surface area contributed by atoms with E-state index in [1.807, 2.05) is 0 Å². The van der Waals surface area contributed by atoms with Gasteiger partial charge in [-0.2, -0.15) is 13.2 Å². The number of hydrogen-bond acceptors (Lipinski definition) is 5. The molecule has 0 spiro atoms. The van der Waals surface area contributed by atoms with Crippen molar-refractivity contribution >= 4 is 23.4 Å². The van der Waals surface area contributed by atoms with Crippen molar-refractivity contribution in [3.63, 3.8) is 0 Å². The van der Waals surface area contributed by atoms with Gasteiger partial charge < -0.3 is 10.1 Å². The Balaban J connectivity index is 1.90. The predicted molar refractivity (Wildman–Crippen MR) is 93.9 cm³/mol. The van der Waals surface area contributed by atoms with Gasteiger partial charge in [0.15, 0.2) is 0 Å². The number of methoxy groups -OCH3 is 1. The van der Waals surface area contributed by atoms with E-state index in [2.05, 4.69) is 15.3 Å². The van der Waals surface area contributed by atoms with E-state index in [4.69, 9.17) is 4.74 Å². The third-order valence-corrected chi connectivity index (χ3v) is 4.38. The van der Waals surface area contributed by atoms with Gasteiger partial charge in [-0.05, 0) is 36.4 Å². The molecule has 0 amide bonds. The molecule has 134 valence electrons. The Hall–Kier alpha value is -2.74. The molecule has 8 heteroatoms. The number of aromatic nitrogens is 2. The normalized spacial score (nSPS) is 11.2. The van der Waals surface area contributed by atoms with Crippen molar-refractivity contribution in [3.8, 4) is 5.75 Å². The second kappa shape index (κ2) is 7.65. The molecule has 1 N–H and O–H groups in total. The third kappa shape index (κ3) is 4.45. The van der Waals surface area contributed by atoms with E-state index in [-0.39, 0.29) is 11.0 Å². The highest BCUT2D eigenvalue weighted by molar-refractivity contribution is 7.99. The highest BCUT2D eigenvalue weighted by Gasteiger charge is 2.35. The second-order valence-corrected chi connectivity index (χ2v) is 6.24. The number of halogens is 3. The summed E-state index contributed by atoms with van der Waals surface area (Å²) in [4.78, 5) is 8.52. The first-order chi connectivity index (χ1) is 12.5. The Labute approximate surface area is 152 Å². The van der Waals surface area contributed by atoms with Gasteiger partial charge in [-0.3, -0.25) is 0 Å². The van der Waals surface area contributed by atoms with Gasteiger partial charge in [-0.1, -0.05) is 30.0 Å². The minimum Gasteiger partial charge on any atom is -0.497 e. The van der Waals surface area contributed by atoms with Crippen LogP contribution in [0.1, 0.15) is 5.56 Å². The van der Waals surface area contributed by atoms with Gasteiger partial charge in [0.1, 0.15) is 16.3 Å². The molecule has 0 saturated carbocycles. The molecule has 0 fully saturated rings. The predicted octanol–water partition coefficient (Wildman–Crippen LogP) is 5.40. The Bertz CT molecular complexity index is 871. The number of nitrogens with one attached hydrogen (secondary N) is 1. The highest BCUT2D eigenvalue weighted by Crippen LogP contribution is 2.38. The lowest BCUT2D eigenvalue weighted by Crippen LogP contribution is -2.10. The molecule has 26 heavy (non-hydrogen) atoms. The topological polar surface area (TPSA) is 47.0 Å². The average Bonchev–Trinajstić information content (AvgIpc) is 2.62. The van der Waals surface area contributed by atoms with E-state index in [1.165, 1.54) is 0 Å². The van der Waals surface area contributed by atoms with Crippen molar-refractivity contribution in [2.45, 2.75) is 16.1 Å². The molecule has 0 aliphatic carbocycles. The van der Waals surface area contributed by atoms with Crippen molar-refractivity contribution in [2.75, 3.05) is 12.4 Å². The van der Waals surface area contributed by atoms with Crippen LogP contribution in [0.15, 0.2) is 70.7 Å². The van der Waals surface area contributed by atoms with Crippen LogP contribution >= 0.6 is 11.8 Å². The van der Waals surface area contributed by atoms with E-state index >= 15 is 0 Å². The molecule has 0 aliphatic heterocycles. The van der Waals surface area contributed by atoms with Gasteiger partial charge in [0, 0.05) is 16.8 Å². The lowest BCUT2D eigenvalue weighted by molar-refractivity contribution is -0.140. The van der Waals surface area contributed by atoms with E-state index in [1.54, 1.807) is 61.7 Å². The van der Waals surface area contributed by atoms with E-state index < -0.39 is 11.7 Å². The quantitative estimate of drug-likeness (QED) is 0.604. The fourth-order valence-electron chi connectivity index (χ4n) is 2.10. The summed E-state index contributed by atoms with van der Waals surface area (Å²) in [5.41, 5.74) is -0.229. The van der Waals surface area contributed by atoms with Gasteiger partial charge in [0.05, 0.1) is 7.11 Å². The van der Waals surface area contributed by atoms with Crippen LogP contribution in [0.25, 0.3) is 0 Å². The van der Waals surface area contributed by atoms with E-state index in [0.29, 0.717) is 16.3 Å². The number of nitrogens with zero attached hydrogens (tertiary/aromatic N) is 2. The lowest BCUT2D eigenvalue weighted by atomic mass is 10.3. The van der Waals surface area contributed by atoms with Gasteiger partial charge in [0.2, 0.25) is 5.95 Å². The first-order valence-electron chi connectivity index (χ1n) is 7.54. The molecule has 0 saturated heterocycles. The Kier molecular flexibility index (Phi) is 5.32. The molecule has 3 rings (SSSR count). The van der Waals surface area contributed by atoms with Crippen LogP contribution in [0, 0.1) is 0 Å². The zero-order valence-electron chi connectivity index (χ0n) is 13.6. The van der Waals surface area contributed by atoms with Gasteiger partial charge in [-0.25, -0.2) is 9.97 Å². The monoisotopic (exact) mass is 377 g/mol. The molecule has 1 aromatic heterocycles. The number of rotatable bonds is 5. The molecule has 2 aromatic carbocycles. The van der Waals surface area contributed by atoms with Crippen molar-refractivity contribution in [3.05, 3.63) is 66.4 Å². The highest BCUT2D eigenvalue weighted by atomic mass is 32.2. The molecule has 4 nitrogen and oxygen atoms in total. The summed E-state index contributed by atoms with van der Waals surface area (Å²) in [5, 5.41) is 2.74. The van der Waals surface area contributed by atoms with Crippen molar-refractivity contribution in [1.82, 2.24) is 9.97 Å². The zero-order chi connectivity index (χ0) is 18.6.